The SMILES string of the molecule is CC(=O)N1CCC[C@@H]1[C@@H]1CCCN1Cc1nnc(-c2occc2C)o1. The fraction of sp³-hybridized carbons (Fsp3) is 0.611. The molecule has 2 aromatic rings. The van der Waals surface area contributed by atoms with Crippen molar-refractivity contribution in [2.45, 2.75) is 58.2 Å². The number of furan rings is 1. The van der Waals surface area contributed by atoms with Gasteiger partial charge < -0.3 is 13.7 Å². The molecule has 25 heavy (non-hydrogen) atoms. The molecule has 0 aromatic carbocycles. The van der Waals surface area contributed by atoms with E-state index in [1.807, 2.05) is 17.9 Å². The largest absolute Gasteiger partial charge is 0.459 e. The van der Waals surface area contributed by atoms with Gasteiger partial charge in [0, 0.05) is 31.1 Å². The molecule has 0 saturated carbocycles. The Bertz CT molecular complexity index is 753. The van der Waals surface area contributed by atoms with E-state index in [-0.39, 0.29) is 5.91 Å². The van der Waals surface area contributed by atoms with Crippen molar-refractivity contribution in [1.29, 1.82) is 0 Å². The molecule has 2 atom stereocenters. The van der Waals surface area contributed by atoms with Gasteiger partial charge in [0.15, 0.2) is 5.76 Å². The number of aromatic nitrogens is 2. The minimum Gasteiger partial charge on any atom is -0.459 e. The van der Waals surface area contributed by atoms with Crippen molar-refractivity contribution in [1.82, 2.24) is 20.0 Å². The number of likely N-dealkylation sites (tertiary alicyclic amines) is 2. The van der Waals surface area contributed by atoms with Gasteiger partial charge in [-0.25, -0.2) is 0 Å². The van der Waals surface area contributed by atoms with Crippen molar-refractivity contribution in [3.8, 4) is 11.7 Å². The molecular weight excluding hydrogens is 320 g/mol. The van der Waals surface area contributed by atoms with Crippen LogP contribution in [0.15, 0.2) is 21.2 Å². The smallest absolute Gasteiger partial charge is 0.283 e. The first kappa shape index (κ1) is 16.3. The summed E-state index contributed by atoms with van der Waals surface area (Å²) in [6.45, 7) is 6.14. The number of amides is 1. The summed E-state index contributed by atoms with van der Waals surface area (Å²) in [7, 11) is 0. The fourth-order valence-corrected chi connectivity index (χ4v) is 4.24. The van der Waals surface area contributed by atoms with Gasteiger partial charge in [0.25, 0.3) is 5.89 Å². The second-order valence-electron chi connectivity index (χ2n) is 7.04. The zero-order valence-corrected chi connectivity index (χ0v) is 14.8. The number of hydrogen-bond acceptors (Lipinski definition) is 6. The lowest BCUT2D eigenvalue weighted by atomic mass is 10.0. The van der Waals surface area contributed by atoms with E-state index in [1.165, 1.54) is 0 Å². The van der Waals surface area contributed by atoms with Crippen LogP contribution in [0.3, 0.4) is 0 Å². The molecule has 0 spiro atoms. The molecule has 0 bridgehead atoms. The van der Waals surface area contributed by atoms with Gasteiger partial charge in [0.1, 0.15) is 0 Å². The maximum Gasteiger partial charge on any atom is 0.283 e. The third kappa shape index (κ3) is 3.08. The summed E-state index contributed by atoms with van der Waals surface area (Å²) in [6.07, 6.45) is 6.07. The average Bonchev–Trinajstić information content (AvgIpc) is 3.33. The normalized spacial score (nSPS) is 24.3. The quantitative estimate of drug-likeness (QED) is 0.849. The molecule has 4 rings (SSSR count). The van der Waals surface area contributed by atoms with Crippen LogP contribution < -0.4 is 0 Å². The Morgan fingerprint density at radius 1 is 1.24 bits per heavy atom. The highest BCUT2D eigenvalue weighted by molar-refractivity contribution is 5.74. The summed E-state index contributed by atoms with van der Waals surface area (Å²) in [5, 5.41) is 8.32. The summed E-state index contributed by atoms with van der Waals surface area (Å²) < 4.78 is 11.2. The van der Waals surface area contributed by atoms with Gasteiger partial charge in [-0.3, -0.25) is 9.69 Å². The Balaban J connectivity index is 1.48. The molecule has 0 aliphatic carbocycles. The highest BCUT2D eigenvalue weighted by Crippen LogP contribution is 2.31. The van der Waals surface area contributed by atoms with E-state index >= 15 is 0 Å². The Hall–Kier alpha value is -2.15. The van der Waals surface area contributed by atoms with Gasteiger partial charge >= 0.3 is 0 Å². The molecule has 7 heteroatoms. The highest BCUT2D eigenvalue weighted by atomic mass is 16.4. The van der Waals surface area contributed by atoms with Gasteiger partial charge in [-0.05, 0) is 45.2 Å². The van der Waals surface area contributed by atoms with E-state index in [1.54, 1.807) is 13.2 Å². The molecule has 134 valence electrons. The molecule has 2 fully saturated rings. The number of carbonyl (C=O) groups excluding carboxylic acids is 1. The molecule has 1 amide bonds. The maximum atomic E-state index is 11.9. The Labute approximate surface area is 147 Å². The molecule has 4 heterocycles. The van der Waals surface area contributed by atoms with E-state index in [9.17, 15) is 4.79 Å². The number of nitrogens with zero attached hydrogens (tertiary/aromatic N) is 4. The first-order valence-corrected chi connectivity index (χ1v) is 9.01. The number of rotatable bonds is 4. The van der Waals surface area contributed by atoms with E-state index in [2.05, 4.69) is 15.1 Å². The highest BCUT2D eigenvalue weighted by Gasteiger charge is 2.39. The fourth-order valence-electron chi connectivity index (χ4n) is 4.24. The summed E-state index contributed by atoms with van der Waals surface area (Å²) in [6, 6.07) is 2.58. The molecule has 2 aromatic heterocycles. The van der Waals surface area contributed by atoms with E-state index in [0.29, 0.717) is 36.2 Å². The molecule has 0 N–H and O–H groups in total. The summed E-state index contributed by atoms with van der Waals surface area (Å²) in [5.74, 6) is 1.85. The van der Waals surface area contributed by atoms with Crippen molar-refractivity contribution in [2.24, 2.45) is 0 Å². The molecule has 2 aliphatic heterocycles. The van der Waals surface area contributed by atoms with Gasteiger partial charge in [0.2, 0.25) is 11.8 Å². The van der Waals surface area contributed by atoms with Gasteiger partial charge in [-0.1, -0.05) is 0 Å². The first-order valence-electron chi connectivity index (χ1n) is 9.01. The van der Waals surface area contributed by atoms with Crippen LogP contribution in [0.4, 0.5) is 0 Å². The first-order chi connectivity index (χ1) is 12.1. The van der Waals surface area contributed by atoms with Crippen LogP contribution in [0.5, 0.6) is 0 Å². The van der Waals surface area contributed by atoms with Crippen LogP contribution in [0, 0.1) is 6.92 Å². The summed E-state index contributed by atoms with van der Waals surface area (Å²) in [5.41, 5.74) is 0.984. The van der Waals surface area contributed by atoms with Crippen molar-refractivity contribution in [3.63, 3.8) is 0 Å². The van der Waals surface area contributed by atoms with Gasteiger partial charge in [-0.15, -0.1) is 10.2 Å². The van der Waals surface area contributed by atoms with E-state index < -0.39 is 0 Å². The number of carbonyl (C=O) groups is 1. The molecule has 0 unspecified atom stereocenters. The third-order valence-corrected chi connectivity index (χ3v) is 5.42. The topological polar surface area (TPSA) is 75.6 Å². The minimum atomic E-state index is 0.183. The van der Waals surface area contributed by atoms with Crippen molar-refractivity contribution in [2.75, 3.05) is 13.1 Å². The lowest BCUT2D eigenvalue weighted by Gasteiger charge is -2.33. The lowest BCUT2D eigenvalue weighted by molar-refractivity contribution is -0.130. The van der Waals surface area contributed by atoms with Crippen LogP contribution >= 0.6 is 0 Å². The van der Waals surface area contributed by atoms with Crippen LogP contribution in [-0.2, 0) is 11.3 Å². The Morgan fingerprint density at radius 2 is 2.04 bits per heavy atom. The second kappa shape index (κ2) is 6.63. The van der Waals surface area contributed by atoms with Crippen molar-refractivity contribution < 1.29 is 13.6 Å². The van der Waals surface area contributed by atoms with Crippen LogP contribution in [0.25, 0.3) is 11.7 Å². The molecule has 7 nitrogen and oxygen atoms in total. The third-order valence-electron chi connectivity index (χ3n) is 5.42. The minimum absolute atomic E-state index is 0.183. The predicted molar refractivity (Wildman–Crippen MR) is 90.6 cm³/mol. The second-order valence-corrected chi connectivity index (χ2v) is 7.04. The average molecular weight is 344 g/mol. The molecule has 0 radical (unpaired) electrons. The monoisotopic (exact) mass is 344 g/mol. The zero-order valence-electron chi connectivity index (χ0n) is 14.8. The van der Waals surface area contributed by atoms with E-state index in [0.717, 1.165) is 44.3 Å². The van der Waals surface area contributed by atoms with Gasteiger partial charge in [-0.2, -0.15) is 0 Å². The molecular formula is C18H24N4O3. The lowest BCUT2D eigenvalue weighted by Crippen LogP contribution is -2.47. The zero-order chi connectivity index (χ0) is 17.4. The van der Waals surface area contributed by atoms with Crippen molar-refractivity contribution in [3.05, 3.63) is 23.8 Å². The van der Waals surface area contributed by atoms with Crippen molar-refractivity contribution >= 4 is 5.91 Å². The van der Waals surface area contributed by atoms with E-state index in [4.69, 9.17) is 8.83 Å². The van der Waals surface area contributed by atoms with Crippen LogP contribution in [-0.4, -0.2) is 51.1 Å². The van der Waals surface area contributed by atoms with Gasteiger partial charge in [0.05, 0.1) is 12.8 Å². The van der Waals surface area contributed by atoms with Crippen LogP contribution in [0.1, 0.15) is 44.1 Å². The maximum absolute atomic E-state index is 11.9. The summed E-state index contributed by atoms with van der Waals surface area (Å²) >= 11 is 0. The summed E-state index contributed by atoms with van der Waals surface area (Å²) in [4.78, 5) is 16.3. The Morgan fingerprint density at radius 3 is 2.80 bits per heavy atom. The number of aryl methyl sites for hydroxylation is 1. The molecule has 2 aliphatic rings. The van der Waals surface area contributed by atoms with Crippen LogP contribution in [0.2, 0.25) is 0 Å². The standard InChI is InChI=1S/C18H24N4O3/c1-12-7-10-24-17(12)18-20-19-16(25-18)11-21-8-3-5-14(21)15-6-4-9-22(15)13(2)23/h7,10,14-15H,3-6,8-9,11H2,1-2H3/t14-,15+/m0/s1. The molecule has 2 saturated heterocycles. The predicted octanol–water partition coefficient (Wildman–Crippen LogP) is 2.61. The number of hydrogen-bond donors (Lipinski definition) is 0. The Kier molecular flexibility index (Phi) is 4.33.